The second kappa shape index (κ2) is 13.7. The summed E-state index contributed by atoms with van der Waals surface area (Å²) in [7, 11) is 8.67. The lowest BCUT2D eigenvalue weighted by atomic mass is 9.69. The van der Waals surface area contributed by atoms with E-state index in [1.165, 1.54) is 5.56 Å². The second-order valence-electron chi connectivity index (χ2n) is 8.65. The minimum atomic E-state index is -0.580. The van der Waals surface area contributed by atoms with Crippen LogP contribution in [0.15, 0.2) is 36.4 Å². The zero-order valence-corrected chi connectivity index (χ0v) is 21.6. The van der Waals surface area contributed by atoms with Crippen molar-refractivity contribution in [3.8, 4) is 29.1 Å². The molecule has 0 spiro atoms. The Balaban J connectivity index is 0.00000578. The fraction of sp³-hybridized carbons (Fsp3) is 0.519. The first-order chi connectivity index (χ1) is 15.8. The number of ether oxygens (including phenoxy) is 4. The van der Waals surface area contributed by atoms with Crippen LogP contribution in [0.3, 0.4) is 0 Å². The molecule has 34 heavy (non-hydrogen) atoms. The van der Waals surface area contributed by atoms with Crippen molar-refractivity contribution in [2.75, 3.05) is 48.6 Å². The van der Waals surface area contributed by atoms with Gasteiger partial charge in [-0.25, -0.2) is 0 Å². The van der Waals surface area contributed by atoms with Crippen LogP contribution in [0.5, 0.6) is 23.0 Å². The summed E-state index contributed by atoms with van der Waals surface area (Å²) in [6.45, 7) is 6.06. The molecule has 1 atom stereocenters. The van der Waals surface area contributed by atoms with E-state index in [0.29, 0.717) is 11.5 Å². The zero-order valence-electron chi connectivity index (χ0n) is 21.6. The normalized spacial score (nSPS) is 12.5. The summed E-state index contributed by atoms with van der Waals surface area (Å²) in [5, 5.41) is 10.2. The highest BCUT2D eigenvalue weighted by Crippen LogP contribution is 2.40. The molecule has 7 heteroatoms. The molecule has 0 bridgehead atoms. The van der Waals surface area contributed by atoms with Crippen LogP contribution < -0.4 is 18.9 Å². The Kier molecular flexibility index (Phi) is 11.7. The van der Waals surface area contributed by atoms with E-state index < -0.39 is 5.41 Å². The Labute approximate surface area is 204 Å². The molecule has 0 radical (unpaired) electrons. The Hall–Kier alpha value is -2.95. The molecule has 0 aromatic heterocycles. The van der Waals surface area contributed by atoms with Gasteiger partial charge in [-0.1, -0.05) is 26.0 Å². The molecule has 0 unspecified atom stereocenters. The average Bonchev–Trinajstić information content (AvgIpc) is 2.84. The summed E-state index contributed by atoms with van der Waals surface area (Å²) >= 11 is 0. The fourth-order valence-corrected chi connectivity index (χ4v) is 4.23. The molecule has 7 nitrogen and oxygen atoms in total. The molecule has 2 aromatic rings. The van der Waals surface area contributed by atoms with Crippen molar-refractivity contribution >= 4 is 0 Å². The molecular weight excluding hydrogens is 432 g/mol. The van der Waals surface area contributed by atoms with Gasteiger partial charge in [-0.15, -0.1) is 0 Å². The van der Waals surface area contributed by atoms with Gasteiger partial charge in [0.15, 0.2) is 23.0 Å². The van der Waals surface area contributed by atoms with Crippen molar-refractivity contribution in [3.05, 3.63) is 47.5 Å². The number of benzene rings is 2. The summed E-state index contributed by atoms with van der Waals surface area (Å²) in [4.78, 5) is 2.31. The molecule has 0 aliphatic rings. The minimum absolute atomic E-state index is 0. The van der Waals surface area contributed by atoms with Crippen LogP contribution in [0, 0.1) is 17.2 Å². The third-order valence-corrected chi connectivity index (χ3v) is 6.42. The van der Waals surface area contributed by atoms with Gasteiger partial charge in [-0.3, -0.25) is 0 Å². The summed E-state index contributed by atoms with van der Waals surface area (Å²) < 4.78 is 21.6. The average molecular weight is 473 g/mol. The van der Waals surface area contributed by atoms with E-state index in [2.05, 4.69) is 37.9 Å². The maximum absolute atomic E-state index is 10.2. The first kappa shape index (κ1) is 29.1. The molecule has 2 N–H and O–H groups in total. The summed E-state index contributed by atoms with van der Waals surface area (Å²) in [5.41, 5.74) is 1.60. The number of hydrogen-bond donors (Lipinski definition) is 0. The molecule has 0 aliphatic heterocycles. The van der Waals surface area contributed by atoms with Gasteiger partial charge < -0.3 is 29.3 Å². The number of likely N-dealkylation sites (N-methyl/N-ethyl adjacent to an activating group) is 1. The second-order valence-corrected chi connectivity index (χ2v) is 8.65. The van der Waals surface area contributed by atoms with Crippen molar-refractivity contribution < 1.29 is 24.4 Å². The minimum Gasteiger partial charge on any atom is -0.493 e. The Morgan fingerprint density at radius 3 is 1.94 bits per heavy atom. The van der Waals surface area contributed by atoms with Gasteiger partial charge in [-0.05, 0) is 74.2 Å². The summed E-state index contributed by atoms with van der Waals surface area (Å²) in [6, 6.07) is 14.5. The lowest BCUT2D eigenvalue weighted by molar-refractivity contribution is 0.292. The lowest BCUT2D eigenvalue weighted by Gasteiger charge is -2.32. The molecular formula is C27H40N2O5. The maximum Gasteiger partial charge on any atom is 0.161 e. The number of hydrogen-bond acceptors (Lipinski definition) is 6. The van der Waals surface area contributed by atoms with Crippen molar-refractivity contribution in [2.24, 2.45) is 5.92 Å². The highest BCUT2D eigenvalue weighted by atomic mass is 16.5. The highest BCUT2D eigenvalue weighted by molar-refractivity contribution is 5.47. The number of rotatable bonds is 13. The Bertz CT molecular complexity index is 941. The van der Waals surface area contributed by atoms with Gasteiger partial charge in [0.1, 0.15) is 0 Å². The van der Waals surface area contributed by atoms with Crippen molar-refractivity contribution in [3.63, 3.8) is 0 Å². The van der Waals surface area contributed by atoms with Gasteiger partial charge in [0, 0.05) is 6.54 Å². The van der Waals surface area contributed by atoms with E-state index >= 15 is 0 Å². The largest absolute Gasteiger partial charge is 0.493 e. The van der Waals surface area contributed by atoms with Crippen molar-refractivity contribution in [2.45, 2.75) is 38.5 Å². The first-order valence-electron chi connectivity index (χ1n) is 11.4. The molecule has 2 aromatic carbocycles. The van der Waals surface area contributed by atoms with Crippen LogP contribution in [-0.2, 0) is 11.8 Å². The first-order valence-corrected chi connectivity index (χ1v) is 11.4. The molecule has 0 saturated carbocycles. The van der Waals surface area contributed by atoms with Crippen LogP contribution in [0.2, 0.25) is 0 Å². The number of methoxy groups -OCH3 is 4. The standard InChI is InChI=1S/C27H38N2O4.H2O/c1-20(2)27(19-28,22-10-12-24(31-5)26(18-22)33-7)14-8-15-29(3)16-13-21-9-11-23(30-4)25(17-21)32-6;/h9-12,17-18,20H,8,13-16H2,1-7H3;1H2/t27-;/m1./s1. The summed E-state index contributed by atoms with van der Waals surface area (Å²) in [6.07, 6.45) is 2.61. The number of nitriles is 1. The lowest BCUT2D eigenvalue weighted by Crippen LogP contribution is -2.32. The summed E-state index contributed by atoms with van der Waals surface area (Å²) in [5.74, 6) is 2.99. The van der Waals surface area contributed by atoms with E-state index in [0.717, 1.165) is 49.4 Å². The van der Waals surface area contributed by atoms with Gasteiger partial charge in [0.2, 0.25) is 0 Å². The van der Waals surface area contributed by atoms with Crippen LogP contribution in [0.1, 0.15) is 37.8 Å². The highest BCUT2D eigenvalue weighted by Gasteiger charge is 2.36. The van der Waals surface area contributed by atoms with Gasteiger partial charge in [0.25, 0.3) is 0 Å². The van der Waals surface area contributed by atoms with E-state index in [4.69, 9.17) is 18.9 Å². The van der Waals surface area contributed by atoms with E-state index in [1.807, 2.05) is 30.3 Å². The Morgan fingerprint density at radius 1 is 0.853 bits per heavy atom. The number of nitrogens with zero attached hydrogens (tertiary/aromatic N) is 2. The zero-order chi connectivity index (χ0) is 24.4. The monoisotopic (exact) mass is 472 g/mol. The molecule has 188 valence electrons. The predicted molar refractivity (Wildman–Crippen MR) is 135 cm³/mol. The van der Waals surface area contributed by atoms with Gasteiger partial charge in [-0.2, -0.15) is 5.26 Å². The Morgan fingerprint density at radius 2 is 1.41 bits per heavy atom. The quantitative estimate of drug-likeness (QED) is 0.432. The molecule has 0 fully saturated rings. The van der Waals surface area contributed by atoms with E-state index in [9.17, 15) is 5.26 Å². The third-order valence-electron chi connectivity index (χ3n) is 6.42. The third kappa shape index (κ3) is 6.78. The predicted octanol–water partition coefficient (Wildman–Crippen LogP) is 4.27. The van der Waals surface area contributed by atoms with Crippen molar-refractivity contribution in [1.82, 2.24) is 4.90 Å². The SMILES string of the molecule is COc1ccc(CCN(C)CCC[C@](C#N)(c2ccc(OC)c(OC)c2)C(C)C)cc1OC.O. The van der Waals surface area contributed by atoms with Gasteiger partial charge in [0.05, 0.1) is 39.9 Å². The van der Waals surface area contributed by atoms with Crippen LogP contribution in [-0.4, -0.2) is 59.0 Å². The molecule has 2 rings (SSSR count). The molecule has 0 heterocycles. The molecule has 0 aliphatic carbocycles. The van der Waals surface area contributed by atoms with E-state index in [1.54, 1.807) is 28.4 Å². The molecule has 0 amide bonds. The van der Waals surface area contributed by atoms with Gasteiger partial charge >= 0.3 is 0 Å². The van der Waals surface area contributed by atoms with Crippen LogP contribution in [0.25, 0.3) is 0 Å². The smallest absolute Gasteiger partial charge is 0.161 e. The maximum atomic E-state index is 10.2. The fourth-order valence-electron chi connectivity index (χ4n) is 4.23. The van der Waals surface area contributed by atoms with Crippen LogP contribution in [0.4, 0.5) is 0 Å². The topological polar surface area (TPSA) is 95.5 Å². The van der Waals surface area contributed by atoms with Crippen LogP contribution >= 0.6 is 0 Å². The van der Waals surface area contributed by atoms with E-state index in [-0.39, 0.29) is 11.4 Å². The molecule has 0 saturated heterocycles. The van der Waals surface area contributed by atoms with Crippen molar-refractivity contribution in [1.29, 1.82) is 5.26 Å².